The molecule has 86 valence electrons. The number of carbonyl (C=O) groups excluding carboxylic acids is 1. The van der Waals surface area contributed by atoms with E-state index >= 15 is 0 Å². The minimum absolute atomic E-state index is 0.0402. The predicted molar refractivity (Wildman–Crippen MR) is 62.5 cm³/mol. The first-order valence-corrected chi connectivity index (χ1v) is 5.75. The van der Waals surface area contributed by atoms with Gasteiger partial charge in [0.1, 0.15) is 0 Å². The SMILES string of the molecule is O=C(c1ccccc1Cl)N1CCC(CO)C1. The van der Waals surface area contributed by atoms with E-state index in [9.17, 15) is 4.79 Å². The van der Waals surface area contributed by atoms with E-state index in [-0.39, 0.29) is 18.4 Å². The molecule has 0 spiro atoms. The standard InChI is InChI=1S/C12H14ClNO2/c13-11-4-2-1-3-10(11)12(16)14-6-5-9(7-14)8-15/h1-4,9,15H,5-8H2. The average molecular weight is 240 g/mol. The molecule has 1 N–H and O–H groups in total. The van der Waals surface area contributed by atoms with Crippen molar-refractivity contribution in [1.82, 2.24) is 4.90 Å². The summed E-state index contributed by atoms with van der Waals surface area (Å²) >= 11 is 5.97. The van der Waals surface area contributed by atoms with Gasteiger partial charge in [-0.15, -0.1) is 0 Å². The Hall–Kier alpha value is -1.06. The van der Waals surface area contributed by atoms with Crippen LogP contribution in [0.25, 0.3) is 0 Å². The highest BCUT2D eigenvalue weighted by molar-refractivity contribution is 6.33. The predicted octanol–water partition coefficient (Wildman–Crippen LogP) is 1.79. The van der Waals surface area contributed by atoms with Crippen molar-refractivity contribution in [3.63, 3.8) is 0 Å². The van der Waals surface area contributed by atoms with E-state index in [2.05, 4.69) is 0 Å². The van der Waals surface area contributed by atoms with Crippen molar-refractivity contribution in [2.45, 2.75) is 6.42 Å². The highest BCUT2D eigenvalue weighted by Gasteiger charge is 2.27. The maximum Gasteiger partial charge on any atom is 0.255 e. The van der Waals surface area contributed by atoms with Crippen LogP contribution in [0, 0.1) is 5.92 Å². The van der Waals surface area contributed by atoms with Crippen molar-refractivity contribution < 1.29 is 9.90 Å². The first-order valence-electron chi connectivity index (χ1n) is 5.37. The third-order valence-corrected chi connectivity index (χ3v) is 3.27. The van der Waals surface area contributed by atoms with Gasteiger partial charge >= 0.3 is 0 Å². The number of halogens is 1. The van der Waals surface area contributed by atoms with Crippen molar-refractivity contribution in [3.8, 4) is 0 Å². The van der Waals surface area contributed by atoms with Crippen LogP contribution in [0.15, 0.2) is 24.3 Å². The molecule has 1 aromatic carbocycles. The first kappa shape index (κ1) is 11.4. The monoisotopic (exact) mass is 239 g/mol. The Kier molecular flexibility index (Phi) is 3.46. The largest absolute Gasteiger partial charge is 0.396 e. The quantitative estimate of drug-likeness (QED) is 0.855. The van der Waals surface area contributed by atoms with Crippen LogP contribution >= 0.6 is 11.6 Å². The van der Waals surface area contributed by atoms with Gasteiger partial charge in [-0.1, -0.05) is 23.7 Å². The molecule has 1 atom stereocenters. The molecule has 1 saturated heterocycles. The van der Waals surface area contributed by atoms with Gasteiger partial charge in [0.2, 0.25) is 0 Å². The third kappa shape index (κ3) is 2.20. The zero-order chi connectivity index (χ0) is 11.5. The Morgan fingerprint density at radius 2 is 2.25 bits per heavy atom. The van der Waals surface area contributed by atoms with Crippen molar-refractivity contribution in [2.75, 3.05) is 19.7 Å². The van der Waals surface area contributed by atoms with Gasteiger partial charge in [0.15, 0.2) is 0 Å². The molecular weight excluding hydrogens is 226 g/mol. The molecule has 0 bridgehead atoms. The Balaban J connectivity index is 2.12. The van der Waals surface area contributed by atoms with E-state index < -0.39 is 0 Å². The molecule has 1 aromatic rings. The molecule has 1 aliphatic heterocycles. The molecule has 1 heterocycles. The molecule has 0 radical (unpaired) electrons. The van der Waals surface area contributed by atoms with Gasteiger partial charge in [-0.2, -0.15) is 0 Å². The van der Waals surface area contributed by atoms with Gasteiger partial charge in [0.25, 0.3) is 5.91 Å². The Labute approximate surface area is 99.6 Å². The van der Waals surface area contributed by atoms with Crippen molar-refractivity contribution in [3.05, 3.63) is 34.9 Å². The number of rotatable bonds is 2. The number of hydrogen-bond donors (Lipinski definition) is 1. The summed E-state index contributed by atoms with van der Waals surface area (Å²) in [5, 5.41) is 9.51. The topological polar surface area (TPSA) is 40.5 Å². The van der Waals surface area contributed by atoms with Gasteiger partial charge in [0, 0.05) is 25.6 Å². The fourth-order valence-corrected chi connectivity index (χ4v) is 2.19. The third-order valence-electron chi connectivity index (χ3n) is 2.94. The van der Waals surface area contributed by atoms with Crippen LogP contribution in [-0.4, -0.2) is 35.6 Å². The molecule has 0 aliphatic carbocycles. The summed E-state index contributed by atoms with van der Waals surface area (Å²) < 4.78 is 0. The van der Waals surface area contributed by atoms with E-state index in [0.717, 1.165) is 6.42 Å². The lowest BCUT2D eigenvalue weighted by atomic mass is 10.1. The van der Waals surface area contributed by atoms with Gasteiger partial charge in [-0.3, -0.25) is 4.79 Å². The van der Waals surface area contributed by atoms with Crippen LogP contribution < -0.4 is 0 Å². The molecule has 1 unspecified atom stereocenters. The number of carbonyl (C=O) groups is 1. The van der Waals surface area contributed by atoms with Crippen molar-refractivity contribution in [1.29, 1.82) is 0 Å². The van der Waals surface area contributed by atoms with Gasteiger partial charge in [-0.25, -0.2) is 0 Å². The molecule has 4 heteroatoms. The summed E-state index contributed by atoms with van der Waals surface area (Å²) in [6, 6.07) is 7.06. The molecule has 16 heavy (non-hydrogen) atoms. The minimum atomic E-state index is -0.0402. The highest BCUT2D eigenvalue weighted by Crippen LogP contribution is 2.22. The van der Waals surface area contributed by atoms with Crippen LogP contribution in [0.3, 0.4) is 0 Å². The summed E-state index contributed by atoms with van der Waals surface area (Å²) in [7, 11) is 0. The molecule has 1 aliphatic rings. The minimum Gasteiger partial charge on any atom is -0.396 e. The van der Waals surface area contributed by atoms with E-state index in [0.29, 0.717) is 23.7 Å². The fraction of sp³-hybridized carbons (Fsp3) is 0.417. The number of aliphatic hydroxyl groups excluding tert-OH is 1. The molecule has 0 aromatic heterocycles. The number of amides is 1. The number of nitrogens with zero attached hydrogens (tertiary/aromatic N) is 1. The highest BCUT2D eigenvalue weighted by atomic mass is 35.5. The number of benzene rings is 1. The zero-order valence-corrected chi connectivity index (χ0v) is 9.65. The lowest BCUT2D eigenvalue weighted by Gasteiger charge is -2.16. The second kappa shape index (κ2) is 4.85. The van der Waals surface area contributed by atoms with Crippen LogP contribution in [0.4, 0.5) is 0 Å². The maximum atomic E-state index is 12.1. The van der Waals surface area contributed by atoms with E-state index in [1.807, 2.05) is 0 Å². The Morgan fingerprint density at radius 3 is 2.88 bits per heavy atom. The van der Waals surface area contributed by atoms with E-state index in [4.69, 9.17) is 16.7 Å². The maximum absolute atomic E-state index is 12.1. The van der Waals surface area contributed by atoms with Crippen molar-refractivity contribution in [2.24, 2.45) is 5.92 Å². The Morgan fingerprint density at radius 1 is 1.50 bits per heavy atom. The summed E-state index contributed by atoms with van der Waals surface area (Å²) in [6.07, 6.45) is 0.868. The molecule has 1 fully saturated rings. The summed E-state index contributed by atoms with van der Waals surface area (Å²) in [4.78, 5) is 13.8. The molecule has 1 amide bonds. The first-order chi connectivity index (χ1) is 7.72. The molecule has 0 saturated carbocycles. The second-order valence-electron chi connectivity index (χ2n) is 4.07. The zero-order valence-electron chi connectivity index (χ0n) is 8.90. The normalized spacial score (nSPS) is 20.1. The smallest absolute Gasteiger partial charge is 0.255 e. The van der Waals surface area contributed by atoms with Gasteiger partial charge in [0.05, 0.1) is 10.6 Å². The molecule has 2 rings (SSSR count). The summed E-state index contributed by atoms with van der Waals surface area (Å²) in [5.74, 6) is 0.174. The van der Waals surface area contributed by atoms with Crippen LogP contribution in [0.2, 0.25) is 5.02 Å². The van der Waals surface area contributed by atoms with Crippen molar-refractivity contribution >= 4 is 17.5 Å². The molecular formula is C12H14ClNO2. The Bertz CT molecular complexity index is 394. The summed E-state index contributed by atoms with van der Waals surface area (Å²) in [5.41, 5.74) is 0.544. The lowest BCUT2D eigenvalue weighted by Crippen LogP contribution is -2.29. The van der Waals surface area contributed by atoms with E-state index in [1.165, 1.54) is 0 Å². The van der Waals surface area contributed by atoms with Crippen LogP contribution in [0.1, 0.15) is 16.8 Å². The lowest BCUT2D eigenvalue weighted by molar-refractivity contribution is 0.0782. The average Bonchev–Trinajstić information content (AvgIpc) is 2.77. The molecule has 3 nitrogen and oxygen atoms in total. The summed E-state index contributed by atoms with van der Waals surface area (Å²) in [6.45, 7) is 1.47. The second-order valence-corrected chi connectivity index (χ2v) is 4.48. The van der Waals surface area contributed by atoms with Gasteiger partial charge < -0.3 is 10.0 Å². The van der Waals surface area contributed by atoms with E-state index in [1.54, 1.807) is 29.2 Å². The number of aliphatic hydroxyl groups is 1. The van der Waals surface area contributed by atoms with Gasteiger partial charge in [-0.05, 0) is 18.6 Å². The number of likely N-dealkylation sites (tertiary alicyclic amines) is 1. The fourth-order valence-electron chi connectivity index (χ4n) is 1.97. The van der Waals surface area contributed by atoms with Crippen LogP contribution in [-0.2, 0) is 0 Å². The number of hydrogen-bond acceptors (Lipinski definition) is 2. The van der Waals surface area contributed by atoms with Crippen LogP contribution in [0.5, 0.6) is 0 Å².